The van der Waals surface area contributed by atoms with Gasteiger partial charge in [-0.2, -0.15) is 9.61 Å². The lowest BCUT2D eigenvalue weighted by molar-refractivity contribution is 0.139. The van der Waals surface area contributed by atoms with Crippen molar-refractivity contribution < 1.29 is 4.74 Å². The fourth-order valence-electron chi connectivity index (χ4n) is 3.12. The first-order valence-corrected chi connectivity index (χ1v) is 10.9. The summed E-state index contributed by atoms with van der Waals surface area (Å²) < 4.78 is 6.70. The lowest BCUT2D eigenvalue weighted by Gasteiger charge is -2.22. The summed E-state index contributed by atoms with van der Waals surface area (Å²) in [6, 6.07) is 10.3. The van der Waals surface area contributed by atoms with Crippen LogP contribution in [-0.2, 0) is 17.8 Å². The second-order valence-corrected chi connectivity index (χ2v) is 8.96. The highest BCUT2D eigenvalue weighted by atomic mass is 32.1. The third kappa shape index (κ3) is 5.50. The highest BCUT2D eigenvalue weighted by Crippen LogP contribution is 2.20. The lowest BCUT2D eigenvalue weighted by Crippen LogP contribution is -2.28. The Bertz CT molecular complexity index is 992. The van der Waals surface area contributed by atoms with Gasteiger partial charge in [0.1, 0.15) is 5.01 Å². The Morgan fingerprint density at radius 1 is 1.10 bits per heavy atom. The van der Waals surface area contributed by atoms with E-state index in [1.165, 1.54) is 27.0 Å². The molecular weight excluding hydrogens is 384 g/mol. The molecule has 0 amide bonds. The average molecular weight is 415 g/mol. The molecule has 0 saturated heterocycles. The molecule has 29 heavy (non-hydrogen) atoms. The first-order chi connectivity index (χ1) is 13.9. The van der Waals surface area contributed by atoms with Crippen LogP contribution >= 0.6 is 11.3 Å². The zero-order valence-corrected chi connectivity index (χ0v) is 18.7. The molecule has 0 fully saturated rings. The smallest absolute Gasteiger partial charge is 0.275 e. The maximum Gasteiger partial charge on any atom is 0.275 e. The Kier molecular flexibility index (Phi) is 7.16. The van der Waals surface area contributed by atoms with Crippen molar-refractivity contribution >= 4 is 16.3 Å². The number of ether oxygens (including phenoxy) is 1. The van der Waals surface area contributed by atoms with Gasteiger partial charge < -0.3 is 4.74 Å². The van der Waals surface area contributed by atoms with Gasteiger partial charge in [0.25, 0.3) is 5.56 Å². The molecule has 7 heteroatoms. The van der Waals surface area contributed by atoms with E-state index in [1.54, 1.807) is 13.2 Å². The van der Waals surface area contributed by atoms with Crippen molar-refractivity contribution in [3.05, 3.63) is 62.5 Å². The van der Waals surface area contributed by atoms with E-state index >= 15 is 0 Å². The molecule has 0 saturated carbocycles. The van der Waals surface area contributed by atoms with Gasteiger partial charge in [-0.15, -0.1) is 0 Å². The predicted octanol–water partition coefficient (Wildman–Crippen LogP) is 4.05. The molecule has 0 spiro atoms. The molecule has 0 radical (unpaired) electrons. The van der Waals surface area contributed by atoms with E-state index in [9.17, 15) is 4.79 Å². The van der Waals surface area contributed by atoms with Crippen LogP contribution < -0.4 is 5.56 Å². The first kappa shape index (κ1) is 21.6. The molecule has 0 unspecified atom stereocenters. The van der Waals surface area contributed by atoms with Crippen LogP contribution in [0, 0.1) is 0 Å². The monoisotopic (exact) mass is 414 g/mol. The van der Waals surface area contributed by atoms with Gasteiger partial charge in [-0.3, -0.25) is 9.69 Å². The number of hydrogen-bond acceptors (Lipinski definition) is 6. The first-order valence-electron chi connectivity index (χ1n) is 10.1. The molecule has 0 aliphatic heterocycles. The standard InChI is InChI=1S/C22H30N4O2S/c1-15(2)18-8-6-17(7-9-18)13-25(10-11-28-5)14-19-12-20(27)26-22(23-19)29-21(24-26)16(3)4/h6-9,12,15-16H,10-11,13-14H2,1-5H3. The molecule has 3 rings (SSSR count). The summed E-state index contributed by atoms with van der Waals surface area (Å²) in [5.41, 5.74) is 3.22. The quantitative estimate of drug-likeness (QED) is 0.529. The summed E-state index contributed by atoms with van der Waals surface area (Å²) in [5.74, 6) is 0.796. The Morgan fingerprint density at radius 3 is 2.45 bits per heavy atom. The molecule has 156 valence electrons. The molecule has 0 aliphatic carbocycles. The van der Waals surface area contributed by atoms with Crippen molar-refractivity contribution in [2.75, 3.05) is 20.3 Å². The van der Waals surface area contributed by atoms with Gasteiger partial charge in [0.05, 0.1) is 12.3 Å². The van der Waals surface area contributed by atoms with Crippen LogP contribution in [0.3, 0.4) is 0 Å². The van der Waals surface area contributed by atoms with Gasteiger partial charge in [-0.05, 0) is 17.0 Å². The molecule has 2 aromatic heterocycles. The molecule has 0 N–H and O–H groups in total. The van der Waals surface area contributed by atoms with E-state index in [0.717, 1.165) is 23.8 Å². The Hall–Kier alpha value is -2.09. The number of benzene rings is 1. The minimum atomic E-state index is -0.124. The van der Waals surface area contributed by atoms with Crippen molar-refractivity contribution in [3.8, 4) is 0 Å². The van der Waals surface area contributed by atoms with Crippen LogP contribution in [-0.4, -0.2) is 39.8 Å². The number of fused-ring (bicyclic) bond motifs is 1. The Balaban J connectivity index is 1.81. The zero-order valence-electron chi connectivity index (χ0n) is 17.9. The van der Waals surface area contributed by atoms with Crippen molar-refractivity contribution in [1.29, 1.82) is 0 Å². The minimum Gasteiger partial charge on any atom is -0.383 e. The number of hydrogen-bond donors (Lipinski definition) is 0. The third-order valence-corrected chi connectivity index (χ3v) is 6.07. The largest absolute Gasteiger partial charge is 0.383 e. The van der Waals surface area contributed by atoms with Crippen LogP contribution in [0.5, 0.6) is 0 Å². The molecule has 3 aromatic rings. The van der Waals surface area contributed by atoms with E-state index < -0.39 is 0 Å². The predicted molar refractivity (Wildman–Crippen MR) is 118 cm³/mol. The molecule has 1 aromatic carbocycles. The highest BCUT2D eigenvalue weighted by Gasteiger charge is 2.14. The van der Waals surface area contributed by atoms with Gasteiger partial charge in [-0.25, -0.2) is 4.98 Å². The van der Waals surface area contributed by atoms with Gasteiger partial charge in [0.2, 0.25) is 4.96 Å². The van der Waals surface area contributed by atoms with Crippen LogP contribution in [0.25, 0.3) is 4.96 Å². The van der Waals surface area contributed by atoms with Crippen molar-refractivity contribution in [1.82, 2.24) is 19.5 Å². The van der Waals surface area contributed by atoms with Crippen LogP contribution in [0.15, 0.2) is 35.1 Å². The summed E-state index contributed by atoms with van der Waals surface area (Å²) in [7, 11) is 1.71. The van der Waals surface area contributed by atoms with E-state index in [2.05, 4.69) is 62.0 Å². The van der Waals surface area contributed by atoms with Gasteiger partial charge in [-0.1, -0.05) is 63.3 Å². The summed E-state index contributed by atoms with van der Waals surface area (Å²) in [6.45, 7) is 11.3. The lowest BCUT2D eigenvalue weighted by atomic mass is 10.0. The Morgan fingerprint density at radius 2 is 1.83 bits per heavy atom. The summed E-state index contributed by atoms with van der Waals surface area (Å²) >= 11 is 1.48. The highest BCUT2D eigenvalue weighted by molar-refractivity contribution is 7.16. The fraction of sp³-hybridized carbons (Fsp3) is 0.500. The second kappa shape index (κ2) is 9.61. The van der Waals surface area contributed by atoms with Crippen LogP contribution in [0.2, 0.25) is 0 Å². The number of nitrogens with zero attached hydrogens (tertiary/aromatic N) is 4. The van der Waals surface area contributed by atoms with Crippen LogP contribution in [0.1, 0.15) is 61.4 Å². The molecule has 0 atom stereocenters. The van der Waals surface area contributed by atoms with E-state index in [0.29, 0.717) is 24.0 Å². The second-order valence-electron chi connectivity index (χ2n) is 7.97. The third-order valence-electron chi connectivity index (χ3n) is 4.86. The van der Waals surface area contributed by atoms with Gasteiger partial charge in [0, 0.05) is 38.7 Å². The Labute approximate surface area is 176 Å². The molecule has 0 aliphatic rings. The fourth-order valence-corrected chi connectivity index (χ4v) is 4.04. The topological polar surface area (TPSA) is 59.7 Å². The van der Waals surface area contributed by atoms with Crippen molar-refractivity contribution in [2.45, 2.75) is 52.6 Å². The minimum absolute atomic E-state index is 0.124. The van der Waals surface area contributed by atoms with Gasteiger partial charge >= 0.3 is 0 Å². The number of rotatable bonds is 9. The molecule has 0 bridgehead atoms. The van der Waals surface area contributed by atoms with E-state index in [1.807, 2.05) is 0 Å². The normalized spacial score (nSPS) is 12.0. The van der Waals surface area contributed by atoms with Gasteiger partial charge in [0.15, 0.2) is 0 Å². The average Bonchev–Trinajstić information content (AvgIpc) is 3.11. The number of methoxy groups -OCH3 is 1. The molecule has 2 heterocycles. The van der Waals surface area contributed by atoms with E-state index in [4.69, 9.17) is 9.72 Å². The summed E-state index contributed by atoms with van der Waals surface area (Å²) in [5, 5.41) is 5.32. The van der Waals surface area contributed by atoms with E-state index in [-0.39, 0.29) is 11.5 Å². The SMILES string of the molecule is COCCN(Cc1ccc(C(C)C)cc1)Cc1cc(=O)n2nc(C(C)C)sc2n1. The van der Waals surface area contributed by atoms with Crippen molar-refractivity contribution in [2.24, 2.45) is 0 Å². The zero-order chi connectivity index (χ0) is 21.0. The summed E-state index contributed by atoms with van der Waals surface area (Å²) in [6.07, 6.45) is 0. The van der Waals surface area contributed by atoms with Crippen LogP contribution in [0.4, 0.5) is 0 Å². The molecular formula is C22H30N4O2S. The summed E-state index contributed by atoms with van der Waals surface area (Å²) in [4.78, 5) is 20.1. The molecule has 6 nitrogen and oxygen atoms in total. The maximum atomic E-state index is 12.5. The van der Waals surface area contributed by atoms with Crippen molar-refractivity contribution in [3.63, 3.8) is 0 Å². The number of aromatic nitrogens is 3. The maximum absolute atomic E-state index is 12.5.